The first kappa shape index (κ1) is 9.69. The van der Waals surface area contributed by atoms with Gasteiger partial charge in [-0.25, -0.2) is 0 Å². The predicted octanol–water partition coefficient (Wildman–Crippen LogP) is 2.31. The van der Waals surface area contributed by atoms with Crippen molar-refractivity contribution in [2.45, 2.75) is 33.1 Å². The van der Waals surface area contributed by atoms with E-state index >= 15 is 0 Å². The average Bonchev–Trinajstić information content (AvgIpc) is 2.51. The Bertz CT molecular complexity index is 335. The van der Waals surface area contributed by atoms with Gasteiger partial charge in [0.05, 0.1) is 6.10 Å². The van der Waals surface area contributed by atoms with Gasteiger partial charge in [0, 0.05) is 6.54 Å². The molecule has 14 heavy (non-hydrogen) atoms. The van der Waals surface area contributed by atoms with Crippen LogP contribution < -0.4 is 5.32 Å². The van der Waals surface area contributed by atoms with E-state index in [-0.39, 0.29) is 12.3 Å². The molecule has 2 nitrogen and oxygen atoms in total. The fourth-order valence-corrected chi connectivity index (χ4v) is 1.99. The molecule has 1 fully saturated rings. The molecule has 2 rings (SSSR count). The van der Waals surface area contributed by atoms with E-state index in [4.69, 9.17) is 4.74 Å². The normalized spacial score (nSPS) is 26.8. The van der Waals surface area contributed by atoms with Crippen LogP contribution in [0.4, 0.5) is 0 Å². The highest BCUT2D eigenvalue weighted by molar-refractivity contribution is 5.32. The molecule has 2 atom stereocenters. The van der Waals surface area contributed by atoms with Gasteiger partial charge in [0.2, 0.25) is 0 Å². The molecule has 0 amide bonds. The molecule has 1 N–H and O–H groups in total. The Balaban J connectivity index is 2.24. The Kier molecular flexibility index (Phi) is 2.57. The number of rotatable bonds is 1. The van der Waals surface area contributed by atoms with E-state index in [1.165, 1.54) is 16.7 Å². The van der Waals surface area contributed by atoms with Crippen LogP contribution in [0.3, 0.4) is 0 Å². The van der Waals surface area contributed by atoms with Crippen LogP contribution in [0.2, 0.25) is 0 Å². The molecule has 0 aromatic heterocycles. The van der Waals surface area contributed by atoms with E-state index in [1.807, 2.05) is 6.92 Å². The zero-order valence-electron chi connectivity index (χ0n) is 9.00. The van der Waals surface area contributed by atoms with Crippen molar-refractivity contribution in [2.24, 2.45) is 0 Å². The summed E-state index contributed by atoms with van der Waals surface area (Å²) in [6.07, 6.45) is 0.409. The van der Waals surface area contributed by atoms with Gasteiger partial charge in [-0.05, 0) is 31.9 Å². The van der Waals surface area contributed by atoms with Gasteiger partial charge < -0.3 is 4.74 Å². The summed E-state index contributed by atoms with van der Waals surface area (Å²) in [4.78, 5) is 0. The van der Waals surface area contributed by atoms with Crippen molar-refractivity contribution in [1.29, 1.82) is 0 Å². The van der Waals surface area contributed by atoms with E-state index in [2.05, 4.69) is 37.4 Å². The number of ether oxygens (including phenoxy) is 1. The molecule has 1 aliphatic heterocycles. The molecule has 2 heteroatoms. The first-order valence-electron chi connectivity index (χ1n) is 5.13. The molecule has 0 spiro atoms. The lowest BCUT2D eigenvalue weighted by Crippen LogP contribution is -2.17. The molecule has 1 aromatic carbocycles. The maximum Gasteiger partial charge on any atom is 0.106 e. The summed E-state index contributed by atoms with van der Waals surface area (Å²) < 4.78 is 5.76. The Morgan fingerprint density at radius 1 is 1.36 bits per heavy atom. The van der Waals surface area contributed by atoms with Crippen LogP contribution in [-0.4, -0.2) is 12.8 Å². The summed E-state index contributed by atoms with van der Waals surface area (Å²) in [6.45, 7) is 7.23. The van der Waals surface area contributed by atoms with Crippen LogP contribution in [0, 0.1) is 13.8 Å². The summed E-state index contributed by atoms with van der Waals surface area (Å²) in [5.41, 5.74) is 3.95. The van der Waals surface area contributed by atoms with E-state index < -0.39 is 0 Å². The molecule has 1 saturated heterocycles. The fraction of sp³-hybridized carbons (Fsp3) is 0.500. The second kappa shape index (κ2) is 3.71. The minimum Gasteiger partial charge on any atom is -0.354 e. The molecule has 2 unspecified atom stereocenters. The van der Waals surface area contributed by atoms with Gasteiger partial charge in [-0.15, -0.1) is 0 Å². The SMILES string of the molecule is Cc1ccc(C2CNC(C)O2)c(C)c1. The van der Waals surface area contributed by atoms with Crippen molar-refractivity contribution >= 4 is 0 Å². The molecule has 0 aliphatic carbocycles. The van der Waals surface area contributed by atoms with Crippen molar-refractivity contribution in [1.82, 2.24) is 5.32 Å². The Morgan fingerprint density at radius 3 is 2.71 bits per heavy atom. The van der Waals surface area contributed by atoms with E-state index in [9.17, 15) is 0 Å². The van der Waals surface area contributed by atoms with Gasteiger partial charge in [0.25, 0.3) is 0 Å². The van der Waals surface area contributed by atoms with Gasteiger partial charge in [-0.2, -0.15) is 0 Å². The van der Waals surface area contributed by atoms with Crippen molar-refractivity contribution in [3.63, 3.8) is 0 Å². The average molecular weight is 191 g/mol. The Morgan fingerprint density at radius 2 is 2.14 bits per heavy atom. The second-order valence-corrected chi connectivity index (χ2v) is 4.04. The zero-order valence-corrected chi connectivity index (χ0v) is 9.00. The summed E-state index contributed by atoms with van der Waals surface area (Å²) in [7, 11) is 0. The van der Waals surface area contributed by atoms with Crippen LogP contribution in [0.1, 0.15) is 29.7 Å². The lowest BCUT2D eigenvalue weighted by Gasteiger charge is -2.13. The van der Waals surface area contributed by atoms with Gasteiger partial charge in [0.1, 0.15) is 6.23 Å². The van der Waals surface area contributed by atoms with Gasteiger partial charge in [0.15, 0.2) is 0 Å². The molecule has 0 bridgehead atoms. The fourth-order valence-electron chi connectivity index (χ4n) is 1.99. The van der Waals surface area contributed by atoms with Crippen molar-refractivity contribution < 1.29 is 4.74 Å². The molecule has 76 valence electrons. The topological polar surface area (TPSA) is 21.3 Å². The van der Waals surface area contributed by atoms with Crippen LogP contribution in [0.25, 0.3) is 0 Å². The monoisotopic (exact) mass is 191 g/mol. The number of nitrogens with one attached hydrogen (secondary N) is 1. The minimum atomic E-state index is 0.181. The summed E-state index contributed by atoms with van der Waals surface area (Å²) in [5.74, 6) is 0. The molecular formula is C12H17NO. The van der Waals surface area contributed by atoms with E-state index in [0.29, 0.717) is 0 Å². The van der Waals surface area contributed by atoms with Crippen molar-refractivity contribution in [3.05, 3.63) is 34.9 Å². The third kappa shape index (κ3) is 1.81. The second-order valence-electron chi connectivity index (χ2n) is 4.04. The van der Waals surface area contributed by atoms with E-state index in [1.54, 1.807) is 0 Å². The summed E-state index contributed by atoms with van der Waals surface area (Å²) in [6, 6.07) is 6.53. The third-order valence-electron chi connectivity index (χ3n) is 2.73. The quantitative estimate of drug-likeness (QED) is 0.735. The van der Waals surface area contributed by atoms with Crippen molar-refractivity contribution in [3.8, 4) is 0 Å². The summed E-state index contributed by atoms with van der Waals surface area (Å²) >= 11 is 0. The van der Waals surface area contributed by atoms with E-state index in [0.717, 1.165) is 6.54 Å². The van der Waals surface area contributed by atoms with Gasteiger partial charge in [-0.1, -0.05) is 23.8 Å². The number of benzene rings is 1. The molecule has 1 aromatic rings. The highest BCUT2D eigenvalue weighted by atomic mass is 16.5. The van der Waals surface area contributed by atoms with Crippen LogP contribution in [0.15, 0.2) is 18.2 Å². The standard InChI is InChI=1S/C12H17NO/c1-8-4-5-11(9(2)6-8)12-7-13-10(3)14-12/h4-6,10,12-13H,7H2,1-3H3. The maximum atomic E-state index is 5.76. The molecule has 1 aliphatic rings. The Hall–Kier alpha value is -0.860. The highest BCUT2D eigenvalue weighted by Gasteiger charge is 2.23. The highest BCUT2D eigenvalue weighted by Crippen LogP contribution is 2.25. The van der Waals surface area contributed by atoms with Crippen molar-refractivity contribution in [2.75, 3.05) is 6.54 Å². The zero-order chi connectivity index (χ0) is 10.1. The predicted molar refractivity (Wildman–Crippen MR) is 57.2 cm³/mol. The van der Waals surface area contributed by atoms with Crippen LogP contribution in [-0.2, 0) is 4.74 Å². The lowest BCUT2D eigenvalue weighted by molar-refractivity contribution is 0.0526. The molecule has 0 radical (unpaired) electrons. The number of hydrogen-bond acceptors (Lipinski definition) is 2. The van der Waals surface area contributed by atoms with Gasteiger partial charge in [-0.3, -0.25) is 5.32 Å². The molecule has 0 saturated carbocycles. The maximum absolute atomic E-state index is 5.76. The Labute approximate surface area is 85.3 Å². The first-order valence-corrected chi connectivity index (χ1v) is 5.13. The number of hydrogen-bond donors (Lipinski definition) is 1. The minimum absolute atomic E-state index is 0.181. The molecular weight excluding hydrogens is 174 g/mol. The summed E-state index contributed by atoms with van der Waals surface area (Å²) in [5, 5.41) is 3.29. The third-order valence-corrected chi connectivity index (χ3v) is 2.73. The first-order chi connectivity index (χ1) is 6.66. The largest absolute Gasteiger partial charge is 0.354 e. The smallest absolute Gasteiger partial charge is 0.106 e. The van der Waals surface area contributed by atoms with Gasteiger partial charge >= 0.3 is 0 Å². The van der Waals surface area contributed by atoms with Crippen LogP contribution >= 0.6 is 0 Å². The molecule has 1 heterocycles. The van der Waals surface area contributed by atoms with Crippen LogP contribution in [0.5, 0.6) is 0 Å². The lowest BCUT2D eigenvalue weighted by atomic mass is 10.0. The number of aryl methyl sites for hydroxylation is 2.